The summed E-state index contributed by atoms with van der Waals surface area (Å²) in [6, 6.07) is 0. The number of nitrogens with zero attached hydrogens (tertiary/aromatic N) is 6. The van der Waals surface area contributed by atoms with Crippen LogP contribution in [0.4, 0.5) is 5.82 Å². The zero-order valence-corrected chi connectivity index (χ0v) is 18.2. The van der Waals surface area contributed by atoms with Crippen LogP contribution in [0.2, 0.25) is 0 Å². The highest BCUT2D eigenvalue weighted by molar-refractivity contribution is 7.98. The number of hydrogen-bond donors (Lipinski definition) is 1. The molecule has 1 N–H and O–H groups in total. The highest BCUT2D eigenvalue weighted by Gasteiger charge is 2.20. The highest BCUT2D eigenvalue weighted by Crippen LogP contribution is 2.27. The Morgan fingerprint density at radius 2 is 2.07 bits per heavy atom. The Hall–Kier alpha value is -2.66. The van der Waals surface area contributed by atoms with Gasteiger partial charge < -0.3 is 19.5 Å². The van der Waals surface area contributed by atoms with E-state index in [1.807, 2.05) is 24.8 Å². The minimum absolute atomic E-state index is 0.0747. The number of aryl methyl sites for hydroxylation is 2. The van der Waals surface area contributed by atoms with Gasteiger partial charge >= 0.3 is 0 Å². The minimum atomic E-state index is -0.0747. The van der Waals surface area contributed by atoms with E-state index in [1.165, 1.54) is 11.8 Å². The summed E-state index contributed by atoms with van der Waals surface area (Å²) in [7, 11) is 0. The maximum atomic E-state index is 12.3. The molecule has 11 heteroatoms. The number of aromatic nitrogens is 5. The molecular formula is C19H25N7O3S. The lowest BCUT2D eigenvalue weighted by Crippen LogP contribution is -2.37. The largest absolute Gasteiger partial charge is 0.378 e. The molecule has 4 rings (SSSR count). The molecule has 0 unspecified atom stereocenters. The summed E-state index contributed by atoms with van der Waals surface area (Å²) < 4.78 is 12.4. The molecule has 10 nitrogen and oxygen atoms in total. The van der Waals surface area contributed by atoms with Crippen LogP contribution in [0, 0.1) is 13.8 Å². The first kappa shape index (κ1) is 20.6. The number of carbonyl (C=O) groups excluding carboxylic acids is 1. The summed E-state index contributed by atoms with van der Waals surface area (Å²) in [6.07, 6.45) is 4.01. The van der Waals surface area contributed by atoms with E-state index >= 15 is 0 Å². The standard InChI is InChI=1S/C19H25N7O3S/c1-12-14(13(2)29-24-12)10-16(27)20-4-5-26-18-15(11-21-26)17(22-19(23-18)30-3)25-6-8-28-9-7-25/h11H,4-10H2,1-3H3,(H,20,27). The smallest absolute Gasteiger partial charge is 0.224 e. The maximum absolute atomic E-state index is 12.3. The van der Waals surface area contributed by atoms with Gasteiger partial charge in [-0.15, -0.1) is 0 Å². The fourth-order valence-corrected chi connectivity index (χ4v) is 3.83. The van der Waals surface area contributed by atoms with Gasteiger partial charge in [0.1, 0.15) is 11.6 Å². The van der Waals surface area contributed by atoms with Gasteiger partial charge in [-0.05, 0) is 20.1 Å². The zero-order valence-electron chi connectivity index (χ0n) is 17.3. The van der Waals surface area contributed by atoms with Crippen molar-refractivity contribution in [2.75, 3.05) is 44.0 Å². The molecule has 160 valence electrons. The van der Waals surface area contributed by atoms with E-state index in [0.29, 0.717) is 37.2 Å². The molecule has 1 saturated heterocycles. The van der Waals surface area contributed by atoms with Crippen molar-refractivity contribution in [1.82, 2.24) is 30.2 Å². The van der Waals surface area contributed by atoms with Crippen molar-refractivity contribution >= 4 is 34.5 Å². The second kappa shape index (κ2) is 9.00. The number of morpholine rings is 1. The van der Waals surface area contributed by atoms with Gasteiger partial charge in [-0.25, -0.2) is 14.6 Å². The number of rotatable bonds is 7. The summed E-state index contributed by atoms with van der Waals surface area (Å²) >= 11 is 1.50. The molecule has 1 fully saturated rings. The average Bonchev–Trinajstić information content (AvgIpc) is 3.31. The molecule has 0 saturated carbocycles. The molecule has 3 aromatic heterocycles. The molecule has 30 heavy (non-hydrogen) atoms. The fourth-order valence-electron chi connectivity index (χ4n) is 3.47. The topological polar surface area (TPSA) is 111 Å². The van der Waals surface area contributed by atoms with Gasteiger partial charge in [-0.1, -0.05) is 16.9 Å². The molecule has 1 aliphatic heterocycles. The number of amides is 1. The van der Waals surface area contributed by atoms with Crippen molar-refractivity contribution < 1.29 is 14.1 Å². The summed E-state index contributed by atoms with van der Waals surface area (Å²) in [5.74, 6) is 1.49. The summed E-state index contributed by atoms with van der Waals surface area (Å²) in [4.78, 5) is 23.9. The van der Waals surface area contributed by atoms with Crippen LogP contribution in [0.5, 0.6) is 0 Å². The van der Waals surface area contributed by atoms with Gasteiger partial charge in [0.25, 0.3) is 0 Å². The van der Waals surface area contributed by atoms with Crippen molar-refractivity contribution in [3.8, 4) is 0 Å². The van der Waals surface area contributed by atoms with Gasteiger partial charge in [0.05, 0.1) is 43.5 Å². The Morgan fingerprint density at radius 3 is 2.77 bits per heavy atom. The van der Waals surface area contributed by atoms with Gasteiger partial charge in [0.2, 0.25) is 5.91 Å². The first-order chi connectivity index (χ1) is 14.6. The average molecular weight is 432 g/mol. The van der Waals surface area contributed by atoms with Crippen LogP contribution < -0.4 is 10.2 Å². The number of fused-ring (bicyclic) bond motifs is 1. The normalized spacial score (nSPS) is 14.4. The Balaban J connectivity index is 1.46. The number of hydrogen-bond acceptors (Lipinski definition) is 9. The quantitative estimate of drug-likeness (QED) is 0.438. The maximum Gasteiger partial charge on any atom is 0.224 e. The summed E-state index contributed by atoms with van der Waals surface area (Å²) in [6.45, 7) is 7.58. The first-order valence-corrected chi connectivity index (χ1v) is 11.1. The van der Waals surface area contributed by atoms with E-state index in [0.717, 1.165) is 41.2 Å². The summed E-state index contributed by atoms with van der Waals surface area (Å²) in [5.41, 5.74) is 2.36. The number of ether oxygens (including phenoxy) is 1. The van der Waals surface area contributed by atoms with Gasteiger partial charge in [-0.3, -0.25) is 4.79 Å². The molecule has 0 atom stereocenters. The Kier molecular flexibility index (Phi) is 6.18. The molecule has 0 radical (unpaired) electrons. The molecular weight excluding hydrogens is 406 g/mol. The SMILES string of the molecule is CSc1nc(N2CCOCC2)c2cnn(CCNC(=O)Cc3c(C)noc3C)c2n1. The third kappa shape index (κ3) is 4.26. The van der Waals surface area contributed by atoms with Crippen LogP contribution in [0.15, 0.2) is 15.9 Å². The van der Waals surface area contributed by atoms with E-state index in [2.05, 4.69) is 25.5 Å². The van der Waals surface area contributed by atoms with Crippen LogP contribution in [0.1, 0.15) is 17.0 Å². The van der Waals surface area contributed by atoms with Crippen LogP contribution >= 0.6 is 11.8 Å². The molecule has 1 amide bonds. The second-order valence-electron chi connectivity index (χ2n) is 7.07. The minimum Gasteiger partial charge on any atom is -0.378 e. The number of carbonyl (C=O) groups is 1. The number of anilines is 1. The molecule has 0 bridgehead atoms. The first-order valence-electron chi connectivity index (χ1n) is 9.85. The van der Waals surface area contributed by atoms with Crippen molar-refractivity contribution in [2.24, 2.45) is 0 Å². The third-order valence-electron chi connectivity index (χ3n) is 5.11. The van der Waals surface area contributed by atoms with E-state index in [9.17, 15) is 4.79 Å². The molecule has 0 aliphatic carbocycles. The van der Waals surface area contributed by atoms with Gasteiger partial charge in [0.15, 0.2) is 10.8 Å². The van der Waals surface area contributed by atoms with Gasteiger partial charge in [-0.2, -0.15) is 5.10 Å². The predicted octanol–water partition coefficient (Wildman–Crippen LogP) is 1.35. The van der Waals surface area contributed by atoms with E-state index < -0.39 is 0 Å². The van der Waals surface area contributed by atoms with Gasteiger partial charge in [0, 0.05) is 25.2 Å². The van der Waals surface area contributed by atoms with E-state index in [-0.39, 0.29) is 12.3 Å². The predicted molar refractivity (Wildman–Crippen MR) is 113 cm³/mol. The second-order valence-corrected chi connectivity index (χ2v) is 7.84. The van der Waals surface area contributed by atoms with E-state index in [1.54, 1.807) is 6.20 Å². The molecule has 0 spiro atoms. The highest BCUT2D eigenvalue weighted by atomic mass is 32.2. The lowest BCUT2D eigenvalue weighted by Gasteiger charge is -2.28. The number of nitrogens with one attached hydrogen (secondary N) is 1. The molecule has 3 aromatic rings. The summed E-state index contributed by atoms with van der Waals surface area (Å²) in [5, 5.41) is 12.9. The Labute approximate surface area is 178 Å². The van der Waals surface area contributed by atoms with Crippen LogP contribution in [-0.4, -0.2) is 69.9 Å². The lowest BCUT2D eigenvalue weighted by atomic mass is 10.1. The van der Waals surface area contributed by atoms with E-state index in [4.69, 9.17) is 14.2 Å². The fraction of sp³-hybridized carbons (Fsp3) is 0.526. The van der Waals surface area contributed by atoms with Crippen LogP contribution in [-0.2, 0) is 22.5 Å². The Bertz CT molecular complexity index is 1020. The van der Waals surface area contributed by atoms with Crippen molar-refractivity contribution in [2.45, 2.75) is 32.0 Å². The Morgan fingerprint density at radius 1 is 1.27 bits per heavy atom. The third-order valence-corrected chi connectivity index (χ3v) is 5.66. The van der Waals surface area contributed by atoms with Crippen LogP contribution in [0.3, 0.4) is 0 Å². The van der Waals surface area contributed by atoms with Crippen LogP contribution in [0.25, 0.3) is 11.0 Å². The zero-order chi connectivity index (χ0) is 21.1. The van der Waals surface area contributed by atoms with Crippen molar-refractivity contribution in [3.63, 3.8) is 0 Å². The molecule has 4 heterocycles. The molecule has 0 aromatic carbocycles. The number of thioether (sulfide) groups is 1. The van der Waals surface area contributed by atoms with Crippen molar-refractivity contribution in [3.05, 3.63) is 23.2 Å². The monoisotopic (exact) mass is 431 g/mol. The molecule has 1 aliphatic rings. The van der Waals surface area contributed by atoms with Crippen molar-refractivity contribution in [1.29, 1.82) is 0 Å². The lowest BCUT2D eigenvalue weighted by molar-refractivity contribution is -0.120.